The fraction of sp³-hybridized carbons (Fsp3) is 0.312. The van der Waals surface area contributed by atoms with E-state index in [-0.39, 0.29) is 0 Å². The molecule has 0 spiro atoms. The van der Waals surface area contributed by atoms with Crippen molar-refractivity contribution in [3.63, 3.8) is 0 Å². The third-order valence-corrected chi connectivity index (χ3v) is 3.74. The van der Waals surface area contributed by atoms with Crippen LogP contribution in [0.25, 0.3) is 11.1 Å². The molecule has 0 atom stereocenters. The molecule has 0 amide bonds. The molecule has 106 valence electrons. The van der Waals surface area contributed by atoms with Crippen molar-refractivity contribution in [1.82, 2.24) is 9.88 Å². The van der Waals surface area contributed by atoms with Gasteiger partial charge >= 0.3 is 0 Å². The third-order valence-electron chi connectivity index (χ3n) is 2.91. The summed E-state index contributed by atoms with van der Waals surface area (Å²) in [6.45, 7) is 1.11. The Labute approximate surface area is 125 Å². The van der Waals surface area contributed by atoms with Gasteiger partial charge in [-0.25, -0.2) is 4.98 Å². The smallest absolute Gasteiger partial charge is 0.143 e. The van der Waals surface area contributed by atoms with Crippen molar-refractivity contribution in [3.8, 4) is 11.1 Å². The van der Waals surface area contributed by atoms with Gasteiger partial charge in [-0.3, -0.25) is 0 Å². The number of hydrogen-bond acceptors (Lipinski definition) is 4. The summed E-state index contributed by atoms with van der Waals surface area (Å²) in [5, 5.41) is 0. The van der Waals surface area contributed by atoms with Crippen LogP contribution in [0.4, 0.5) is 5.82 Å². The van der Waals surface area contributed by atoms with E-state index in [0.29, 0.717) is 0 Å². The maximum Gasteiger partial charge on any atom is 0.143 e. The molecule has 0 fully saturated rings. The molecule has 1 aromatic heterocycles. The van der Waals surface area contributed by atoms with E-state index in [1.54, 1.807) is 11.9 Å². The van der Waals surface area contributed by atoms with Crippen molar-refractivity contribution in [3.05, 3.63) is 48.7 Å². The Morgan fingerprint density at radius 3 is 2.65 bits per heavy atom. The second kappa shape index (κ2) is 7.92. The average Bonchev–Trinajstić information content (AvgIpc) is 2.48. The molecule has 0 saturated carbocycles. The van der Waals surface area contributed by atoms with Gasteiger partial charge in [0.15, 0.2) is 0 Å². The van der Waals surface area contributed by atoms with Crippen molar-refractivity contribution >= 4 is 17.8 Å². The first-order chi connectivity index (χ1) is 9.77. The van der Waals surface area contributed by atoms with Gasteiger partial charge in [0, 0.05) is 17.5 Å². The fourth-order valence-electron chi connectivity index (χ4n) is 1.91. The summed E-state index contributed by atoms with van der Waals surface area (Å²) in [6.07, 6.45) is 2.99. The van der Waals surface area contributed by atoms with Crippen LogP contribution in [0.3, 0.4) is 0 Å². The van der Waals surface area contributed by atoms with Gasteiger partial charge in [-0.1, -0.05) is 42.3 Å². The summed E-state index contributed by atoms with van der Waals surface area (Å²) in [5.41, 5.74) is 2.34. The highest BCUT2D eigenvalue weighted by molar-refractivity contribution is 8.00. The van der Waals surface area contributed by atoms with E-state index in [2.05, 4.69) is 59.0 Å². The molecule has 0 bridgehead atoms. The number of nitrogens with zero attached hydrogens (tertiary/aromatic N) is 2. The van der Waals surface area contributed by atoms with Gasteiger partial charge < -0.3 is 9.62 Å². The van der Waals surface area contributed by atoms with Crippen LogP contribution in [-0.2, 0) is 0 Å². The molecule has 20 heavy (non-hydrogen) atoms. The van der Waals surface area contributed by atoms with Crippen molar-refractivity contribution in [2.24, 2.45) is 0 Å². The Morgan fingerprint density at radius 2 is 1.90 bits per heavy atom. The second-order valence-corrected chi connectivity index (χ2v) is 5.77. The lowest BCUT2D eigenvalue weighted by Gasteiger charge is -2.11. The van der Waals surface area contributed by atoms with E-state index in [4.69, 9.17) is 0 Å². The molecule has 1 heterocycles. The summed E-state index contributed by atoms with van der Waals surface area (Å²) in [4.78, 5) is 6.65. The molecule has 0 aliphatic carbocycles. The highest BCUT2D eigenvalue weighted by Gasteiger charge is 2.05. The number of benzene rings is 1. The van der Waals surface area contributed by atoms with Gasteiger partial charge in [0.05, 0.1) is 0 Å². The Hall–Kier alpha value is -1.52. The molecule has 2 aromatic rings. The van der Waals surface area contributed by atoms with E-state index in [1.165, 1.54) is 5.56 Å². The summed E-state index contributed by atoms with van der Waals surface area (Å²) in [6, 6.07) is 14.4. The van der Waals surface area contributed by atoms with Crippen molar-refractivity contribution in [2.75, 3.05) is 31.1 Å². The first-order valence-corrected chi connectivity index (χ1v) is 7.79. The van der Waals surface area contributed by atoms with E-state index in [1.807, 2.05) is 18.3 Å². The van der Waals surface area contributed by atoms with E-state index >= 15 is 0 Å². The Kier molecular flexibility index (Phi) is 5.89. The van der Waals surface area contributed by atoms with Crippen LogP contribution >= 0.6 is 11.9 Å². The zero-order valence-electron chi connectivity index (χ0n) is 12.0. The molecule has 0 aliphatic heterocycles. The molecule has 0 aliphatic rings. The minimum Gasteiger partial charge on any atom is -0.314 e. The van der Waals surface area contributed by atoms with Crippen LogP contribution in [0.15, 0.2) is 48.7 Å². The highest BCUT2D eigenvalue weighted by Crippen LogP contribution is 2.27. The zero-order valence-corrected chi connectivity index (χ0v) is 12.9. The van der Waals surface area contributed by atoms with E-state index in [0.717, 1.165) is 30.1 Å². The van der Waals surface area contributed by atoms with Crippen LogP contribution in [0, 0.1) is 0 Å². The first-order valence-electron chi connectivity index (χ1n) is 6.80. The molecular weight excluding hydrogens is 266 g/mol. The van der Waals surface area contributed by atoms with Crippen LogP contribution in [0.5, 0.6) is 0 Å². The standard InChI is InChI=1S/C16H21N3S/c1-19(2)12-7-13-20-18-16-15(10-6-11-17-16)14-8-4-3-5-9-14/h3-6,8-11H,7,12-13H2,1-2H3,(H,17,18). The maximum absolute atomic E-state index is 4.45. The Morgan fingerprint density at radius 1 is 1.10 bits per heavy atom. The molecule has 3 nitrogen and oxygen atoms in total. The van der Waals surface area contributed by atoms with Crippen molar-refractivity contribution < 1.29 is 0 Å². The summed E-state index contributed by atoms with van der Waals surface area (Å²) in [5.74, 6) is 2.01. The van der Waals surface area contributed by atoms with E-state index in [9.17, 15) is 0 Å². The van der Waals surface area contributed by atoms with Gasteiger partial charge in [0.25, 0.3) is 0 Å². The van der Waals surface area contributed by atoms with E-state index < -0.39 is 0 Å². The lowest BCUT2D eigenvalue weighted by Crippen LogP contribution is -2.13. The van der Waals surface area contributed by atoms with Gasteiger partial charge in [0.2, 0.25) is 0 Å². The Bertz CT molecular complexity index is 514. The van der Waals surface area contributed by atoms with Crippen LogP contribution in [0.2, 0.25) is 0 Å². The van der Waals surface area contributed by atoms with Gasteiger partial charge in [-0.2, -0.15) is 0 Å². The number of anilines is 1. The van der Waals surface area contributed by atoms with Crippen LogP contribution in [-0.4, -0.2) is 36.3 Å². The largest absolute Gasteiger partial charge is 0.314 e. The lowest BCUT2D eigenvalue weighted by atomic mass is 10.1. The molecule has 0 saturated heterocycles. The zero-order chi connectivity index (χ0) is 14.2. The number of pyridine rings is 1. The van der Waals surface area contributed by atoms with Crippen LogP contribution < -0.4 is 4.72 Å². The van der Waals surface area contributed by atoms with Crippen molar-refractivity contribution in [2.45, 2.75) is 6.42 Å². The van der Waals surface area contributed by atoms with Gasteiger partial charge in [-0.15, -0.1) is 0 Å². The number of nitrogens with one attached hydrogen (secondary N) is 1. The monoisotopic (exact) mass is 287 g/mol. The summed E-state index contributed by atoms with van der Waals surface area (Å²) in [7, 11) is 4.20. The Balaban J connectivity index is 1.95. The predicted octanol–water partition coefficient (Wildman–Crippen LogP) is 3.76. The molecule has 0 radical (unpaired) electrons. The molecular formula is C16H21N3S. The topological polar surface area (TPSA) is 28.2 Å². The number of rotatable bonds is 7. The number of aromatic nitrogens is 1. The third kappa shape index (κ3) is 4.54. The van der Waals surface area contributed by atoms with Gasteiger partial charge in [-0.05, 0) is 44.8 Å². The highest BCUT2D eigenvalue weighted by atomic mass is 32.2. The average molecular weight is 287 g/mol. The quantitative estimate of drug-likeness (QED) is 0.620. The molecule has 1 aromatic carbocycles. The number of hydrogen-bond donors (Lipinski definition) is 1. The maximum atomic E-state index is 4.45. The lowest BCUT2D eigenvalue weighted by molar-refractivity contribution is 0.410. The molecule has 2 rings (SSSR count). The summed E-state index contributed by atoms with van der Waals surface area (Å²) < 4.78 is 3.37. The fourth-order valence-corrected chi connectivity index (χ4v) is 2.58. The summed E-state index contributed by atoms with van der Waals surface area (Å²) >= 11 is 1.72. The first kappa shape index (κ1) is 14.9. The molecule has 4 heteroatoms. The molecule has 0 unspecified atom stereocenters. The van der Waals surface area contributed by atoms with Crippen LogP contribution in [0.1, 0.15) is 6.42 Å². The normalized spacial score (nSPS) is 10.8. The second-order valence-electron chi connectivity index (χ2n) is 4.87. The predicted molar refractivity (Wildman–Crippen MR) is 88.9 cm³/mol. The molecule has 1 N–H and O–H groups in total. The van der Waals surface area contributed by atoms with Crippen molar-refractivity contribution in [1.29, 1.82) is 0 Å². The minimum atomic E-state index is 0.938. The van der Waals surface area contributed by atoms with Gasteiger partial charge in [0.1, 0.15) is 5.82 Å². The minimum absolute atomic E-state index is 0.938. The SMILES string of the molecule is CN(C)CCCSNc1ncccc1-c1ccccc1.